The Morgan fingerprint density at radius 3 is 2.65 bits per heavy atom. The van der Waals surface area contributed by atoms with E-state index in [4.69, 9.17) is 5.73 Å². The van der Waals surface area contributed by atoms with Gasteiger partial charge in [-0.3, -0.25) is 0 Å². The highest BCUT2D eigenvalue weighted by Gasteiger charge is 2.16. The number of rotatable bonds is 3. The number of anilines is 1. The molecule has 0 saturated heterocycles. The van der Waals surface area contributed by atoms with Gasteiger partial charge in [-0.1, -0.05) is 13.8 Å². The summed E-state index contributed by atoms with van der Waals surface area (Å²) in [6, 6.07) is 3.46. The van der Waals surface area contributed by atoms with Crippen LogP contribution in [0.3, 0.4) is 0 Å². The van der Waals surface area contributed by atoms with Crippen LogP contribution in [0.2, 0.25) is 0 Å². The number of hydrogen-bond acceptors (Lipinski definition) is 2. The summed E-state index contributed by atoms with van der Waals surface area (Å²) >= 11 is 3.20. The number of aromatic nitrogens is 2. The summed E-state index contributed by atoms with van der Waals surface area (Å²) < 4.78 is 15.8. The lowest BCUT2D eigenvalue weighted by Gasteiger charge is -2.17. The molecule has 2 N–H and O–H groups in total. The maximum atomic E-state index is 13.4. The van der Waals surface area contributed by atoms with Crippen LogP contribution >= 0.6 is 15.9 Å². The summed E-state index contributed by atoms with van der Waals surface area (Å²) in [6.07, 6.45) is 1.95. The van der Waals surface area contributed by atoms with Crippen molar-refractivity contribution in [2.75, 3.05) is 5.73 Å². The molecule has 5 heteroatoms. The first kappa shape index (κ1) is 12.4. The van der Waals surface area contributed by atoms with Gasteiger partial charge in [-0.25, -0.2) is 9.37 Å². The van der Waals surface area contributed by atoms with E-state index in [9.17, 15) is 4.39 Å². The summed E-state index contributed by atoms with van der Waals surface area (Å²) in [6.45, 7) is 4.22. The Balaban J connectivity index is 2.70. The van der Waals surface area contributed by atoms with E-state index in [1.807, 2.05) is 4.57 Å². The summed E-state index contributed by atoms with van der Waals surface area (Å²) in [5, 5.41) is 0. The summed E-state index contributed by atoms with van der Waals surface area (Å²) in [7, 11) is 0. The molecule has 0 aliphatic heterocycles. The van der Waals surface area contributed by atoms with Crippen molar-refractivity contribution in [3.8, 4) is 0 Å². The van der Waals surface area contributed by atoms with Gasteiger partial charge in [0.25, 0.3) is 0 Å². The summed E-state index contributed by atoms with van der Waals surface area (Å²) in [5.41, 5.74) is 7.41. The van der Waals surface area contributed by atoms with E-state index in [1.54, 1.807) is 6.07 Å². The van der Waals surface area contributed by atoms with Crippen LogP contribution in [-0.2, 0) is 0 Å². The van der Waals surface area contributed by atoms with Crippen molar-refractivity contribution in [3.05, 3.63) is 22.4 Å². The fourth-order valence-electron chi connectivity index (χ4n) is 2.15. The Morgan fingerprint density at radius 2 is 2.06 bits per heavy atom. The standard InChI is InChI=1S/C12H15BrFN3/c1-3-7(4-2)17-11-5-8(13)9(14)6-10(11)16-12(17)15/h5-7H,3-4H2,1-2H3,(H2,15,16). The Bertz CT molecular complexity index is 546. The molecule has 0 fully saturated rings. The zero-order chi connectivity index (χ0) is 12.6. The lowest BCUT2D eigenvalue weighted by atomic mass is 10.1. The fourth-order valence-corrected chi connectivity index (χ4v) is 2.48. The monoisotopic (exact) mass is 299 g/mol. The van der Waals surface area contributed by atoms with Crippen molar-refractivity contribution in [1.29, 1.82) is 0 Å². The van der Waals surface area contributed by atoms with Crippen LogP contribution in [0.4, 0.5) is 10.3 Å². The van der Waals surface area contributed by atoms with Gasteiger partial charge in [0, 0.05) is 12.1 Å². The molecule has 0 radical (unpaired) electrons. The van der Waals surface area contributed by atoms with Gasteiger partial charge in [-0.05, 0) is 34.8 Å². The second kappa shape index (κ2) is 4.64. The second-order valence-corrected chi connectivity index (χ2v) is 4.92. The van der Waals surface area contributed by atoms with E-state index in [0.717, 1.165) is 18.4 Å². The molecule has 92 valence electrons. The van der Waals surface area contributed by atoms with Crippen molar-refractivity contribution in [3.63, 3.8) is 0 Å². The topological polar surface area (TPSA) is 43.8 Å². The third-order valence-corrected chi connectivity index (χ3v) is 3.67. The van der Waals surface area contributed by atoms with Gasteiger partial charge in [-0.15, -0.1) is 0 Å². The number of nitrogen functional groups attached to an aromatic ring is 1. The molecule has 0 aliphatic rings. The minimum absolute atomic E-state index is 0.303. The van der Waals surface area contributed by atoms with Crippen LogP contribution in [0.1, 0.15) is 32.7 Å². The zero-order valence-corrected chi connectivity index (χ0v) is 11.5. The van der Waals surface area contributed by atoms with Gasteiger partial charge in [0.05, 0.1) is 15.5 Å². The van der Waals surface area contributed by atoms with Crippen LogP contribution in [0.25, 0.3) is 11.0 Å². The minimum atomic E-state index is -0.313. The highest BCUT2D eigenvalue weighted by molar-refractivity contribution is 9.10. The molecule has 1 aromatic carbocycles. The van der Waals surface area contributed by atoms with Crippen LogP contribution in [0.15, 0.2) is 16.6 Å². The molecule has 3 nitrogen and oxygen atoms in total. The van der Waals surface area contributed by atoms with E-state index < -0.39 is 0 Å². The maximum absolute atomic E-state index is 13.4. The molecule has 1 heterocycles. The molecule has 0 amide bonds. The second-order valence-electron chi connectivity index (χ2n) is 4.07. The maximum Gasteiger partial charge on any atom is 0.201 e. The molecule has 0 aliphatic carbocycles. The van der Waals surface area contributed by atoms with Crippen LogP contribution in [0, 0.1) is 5.82 Å². The van der Waals surface area contributed by atoms with E-state index in [1.165, 1.54) is 6.07 Å². The van der Waals surface area contributed by atoms with Gasteiger partial charge in [0.15, 0.2) is 0 Å². The molecule has 0 unspecified atom stereocenters. The highest BCUT2D eigenvalue weighted by atomic mass is 79.9. The first-order valence-corrected chi connectivity index (χ1v) is 6.50. The quantitative estimate of drug-likeness (QED) is 0.934. The Morgan fingerprint density at radius 1 is 1.41 bits per heavy atom. The van der Waals surface area contributed by atoms with E-state index in [0.29, 0.717) is 22.0 Å². The van der Waals surface area contributed by atoms with Crippen LogP contribution in [-0.4, -0.2) is 9.55 Å². The van der Waals surface area contributed by atoms with Gasteiger partial charge >= 0.3 is 0 Å². The molecule has 0 bridgehead atoms. The minimum Gasteiger partial charge on any atom is -0.369 e. The van der Waals surface area contributed by atoms with Crippen molar-refractivity contribution in [2.45, 2.75) is 32.7 Å². The summed E-state index contributed by atoms with van der Waals surface area (Å²) in [4.78, 5) is 4.21. The van der Waals surface area contributed by atoms with Crippen LogP contribution in [0.5, 0.6) is 0 Å². The summed E-state index contributed by atoms with van der Waals surface area (Å²) in [5.74, 6) is 0.137. The predicted octanol–water partition coefficient (Wildman–Crippen LogP) is 3.88. The fraction of sp³-hybridized carbons (Fsp3) is 0.417. The number of hydrogen-bond donors (Lipinski definition) is 1. The van der Waals surface area contributed by atoms with E-state index >= 15 is 0 Å². The number of nitrogens with two attached hydrogens (primary N) is 1. The van der Waals surface area contributed by atoms with Gasteiger partial charge < -0.3 is 10.3 Å². The molecule has 1 aromatic heterocycles. The SMILES string of the molecule is CCC(CC)n1c(N)nc2cc(F)c(Br)cc21. The van der Waals surface area contributed by atoms with Gasteiger partial charge in [0.1, 0.15) is 5.82 Å². The number of imidazole rings is 1. The lowest BCUT2D eigenvalue weighted by molar-refractivity contribution is 0.489. The first-order valence-electron chi connectivity index (χ1n) is 5.70. The zero-order valence-electron chi connectivity index (χ0n) is 9.87. The highest BCUT2D eigenvalue weighted by Crippen LogP contribution is 2.30. The molecule has 2 rings (SSSR count). The molecule has 0 saturated carbocycles. The van der Waals surface area contributed by atoms with Gasteiger partial charge in [0.2, 0.25) is 5.95 Å². The van der Waals surface area contributed by atoms with Crippen molar-refractivity contribution >= 4 is 32.9 Å². The molecule has 17 heavy (non-hydrogen) atoms. The Labute approximate surface area is 108 Å². The number of fused-ring (bicyclic) bond motifs is 1. The lowest BCUT2D eigenvalue weighted by Crippen LogP contribution is -2.10. The number of nitrogens with zero attached hydrogens (tertiary/aromatic N) is 2. The number of halogens is 2. The number of benzene rings is 1. The predicted molar refractivity (Wildman–Crippen MR) is 71.4 cm³/mol. The third-order valence-electron chi connectivity index (χ3n) is 3.07. The Kier molecular flexibility index (Phi) is 3.38. The van der Waals surface area contributed by atoms with Crippen molar-refractivity contribution < 1.29 is 4.39 Å². The average Bonchev–Trinajstić information content (AvgIpc) is 2.59. The molecule has 0 atom stereocenters. The van der Waals surface area contributed by atoms with Gasteiger partial charge in [-0.2, -0.15) is 0 Å². The largest absolute Gasteiger partial charge is 0.369 e. The van der Waals surface area contributed by atoms with Crippen LogP contribution < -0.4 is 5.73 Å². The van der Waals surface area contributed by atoms with Crippen molar-refractivity contribution in [1.82, 2.24) is 9.55 Å². The average molecular weight is 300 g/mol. The normalized spacial score (nSPS) is 11.6. The first-order chi connectivity index (χ1) is 8.08. The third kappa shape index (κ3) is 2.04. The smallest absolute Gasteiger partial charge is 0.201 e. The molecular formula is C12H15BrFN3. The molecule has 2 aromatic rings. The van der Waals surface area contributed by atoms with E-state index in [2.05, 4.69) is 34.8 Å². The Hall–Kier alpha value is -1.10. The van der Waals surface area contributed by atoms with Crippen molar-refractivity contribution in [2.24, 2.45) is 0 Å². The molecule has 0 spiro atoms. The van der Waals surface area contributed by atoms with E-state index in [-0.39, 0.29) is 5.82 Å². The molecular weight excluding hydrogens is 285 g/mol.